The summed E-state index contributed by atoms with van der Waals surface area (Å²) in [6.07, 6.45) is -0.405. The summed E-state index contributed by atoms with van der Waals surface area (Å²) >= 11 is 0. The topological polar surface area (TPSA) is 44.8 Å². The summed E-state index contributed by atoms with van der Waals surface area (Å²) in [5.41, 5.74) is 0.482. The second-order valence-electron chi connectivity index (χ2n) is 6.27. The molecular weight excluding hydrogens is 387 g/mol. The Morgan fingerprint density at radius 2 is 1.92 bits per heavy atom. The standard InChI is InChI=1S/C17H23F2N3O2.2ClH/c1-12(14-3-2-13(18)10-15(14)19)21-5-7-22(8-6-21)17(23)16-11-20-4-9-24-16;;/h2-3,10,12,16,20H,4-9,11H2,1H3;2*1H. The Bertz CT molecular complexity index is 595. The Balaban J connectivity index is 0.00000169. The lowest BCUT2D eigenvalue weighted by atomic mass is 10.0. The van der Waals surface area contributed by atoms with Gasteiger partial charge in [0.1, 0.15) is 17.7 Å². The van der Waals surface area contributed by atoms with Crippen molar-refractivity contribution in [2.75, 3.05) is 45.9 Å². The van der Waals surface area contributed by atoms with Crippen molar-refractivity contribution >= 4 is 30.7 Å². The third kappa shape index (κ3) is 5.27. The van der Waals surface area contributed by atoms with E-state index in [-0.39, 0.29) is 36.8 Å². The van der Waals surface area contributed by atoms with E-state index < -0.39 is 17.7 Å². The van der Waals surface area contributed by atoms with Crippen molar-refractivity contribution in [1.29, 1.82) is 0 Å². The average molecular weight is 412 g/mol. The molecule has 2 fully saturated rings. The number of nitrogens with zero attached hydrogens (tertiary/aromatic N) is 2. The molecule has 0 aromatic heterocycles. The number of hydrogen-bond donors (Lipinski definition) is 1. The largest absolute Gasteiger partial charge is 0.366 e. The zero-order chi connectivity index (χ0) is 17.1. The van der Waals surface area contributed by atoms with Crippen molar-refractivity contribution in [2.24, 2.45) is 0 Å². The van der Waals surface area contributed by atoms with Gasteiger partial charge in [0.15, 0.2) is 0 Å². The molecule has 9 heteroatoms. The number of amides is 1. The highest BCUT2D eigenvalue weighted by Crippen LogP contribution is 2.24. The molecule has 2 heterocycles. The summed E-state index contributed by atoms with van der Waals surface area (Å²) in [5, 5.41) is 3.16. The van der Waals surface area contributed by atoms with Crippen LogP contribution in [-0.2, 0) is 9.53 Å². The van der Waals surface area contributed by atoms with E-state index >= 15 is 0 Å². The summed E-state index contributed by atoms with van der Waals surface area (Å²) < 4.78 is 32.5. The van der Waals surface area contributed by atoms with Crippen molar-refractivity contribution in [2.45, 2.75) is 19.1 Å². The summed E-state index contributed by atoms with van der Waals surface area (Å²) in [7, 11) is 0. The number of hydrogen-bond acceptors (Lipinski definition) is 4. The van der Waals surface area contributed by atoms with Gasteiger partial charge in [-0.05, 0) is 13.0 Å². The van der Waals surface area contributed by atoms with Gasteiger partial charge in [0.2, 0.25) is 0 Å². The highest BCUT2D eigenvalue weighted by atomic mass is 35.5. The van der Waals surface area contributed by atoms with Crippen LogP contribution in [0, 0.1) is 11.6 Å². The monoisotopic (exact) mass is 411 g/mol. The fourth-order valence-corrected chi connectivity index (χ4v) is 3.29. The van der Waals surface area contributed by atoms with Crippen molar-refractivity contribution in [1.82, 2.24) is 15.1 Å². The third-order valence-corrected chi connectivity index (χ3v) is 4.79. The fourth-order valence-electron chi connectivity index (χ4n) is 3.29. The molecule has 0 saturated carbocycles. The zero-order valence-corrected chi connectivity index (χ0v) is 16.3. The maximum Gasteiger partial charge on any atom is 0.253 e. The minimum atomic E-state index is -0.569. The Morgan fingerprint density at radius 3 is 2.50 bits per heavy atom. The van der Waals surface area contributed by atoms with Crippen molar-refractivity contribution in [3.63, 3.8) is 0 Å². The molecule has 0 spiro atoms. The van der Waals surface area contributed by atoms with Gasteiger partial charge in [0.25, 0.3) is 5.91 Å². The van der Waals surface area contributed by atoms with Gasteiger partial charge < -0.3 is 15.0 Å². The molecule has 1 aromatic carbocycles. The van der Waals surface area contributed by atoms with Gasteiger partial charge in [0.05, 0.1) is 6.61 Å². The molecule has 148 valence electrons. The van der Waals surface area contributed by atoms with Crippen LogP contribution >= 0.6 is 24.8 Å². The Kier molecular flexibility index (Phi) is 9.19. The van der Waals surface area contributed by atoms with Gasteiger partial charge in [-0.2, -0.15) is 0 Å². The number of benzene rings is 1. The lowest BCUT2D eigenvalue weighted by Crippen LogP contribution is -2.55. The van der Waals surface area contributed by atoms with E-state index in [9.17, 15) is 13.6 Å². The van der Waals surface area contributed by atoms with Gasteiger partial charge in [0, 0.05) is 56.9 Å². The molecule has 1 aromatic rings. The average Bonchev–Trinajstić information content (AvgIpc) is 2.61. The Hall–Kier alpha value is -0.990. The number of halogens is 4. The van der Waals surface area contributed by atoms with Crippen LogP contribution in [0.15, 0.2) is 18.2 Å². The molecule has 5 nitrogen and oxygen atoms in total. The van der Waals surface area contributed by atoms with Crippen molar-refractivity contribution in [3.8, 4) is 0 Å². The molecule has 2 saturated heterocycles. The molecule has 0 aliphatic carbocycles. The smallest absolute Gasteiger partial charge is 0.253 e. The molecule has 0 bridgehead atoms. The summed E-state index contributed by atoms with van der Waals surface area (Å²) in [4.78, 5) is 16.4. The minimum Gasteiger partial charge on any atom is -0.366 e. The van der Waals surface area contributed by atoms with E-state index in [1.807, 2.05) is 11.8 Å². The highest BCUT2D eigenvalue weighted by Gasteiger charge is 2.31. The first-order chi connectivity index (χ1) is 11.6. The van der Waals surface area contributed by atoms with Crippen LogP contribution in [0.1, 0.15) is 18.5 Å². The number of ether oxygens (including phenoxy) is 1. The predicted octanol–water partition coefficient (Wildman–Crippen LogP) is 2.00. The van der Waals surface area contributed by atoms with Gasteiger partial charge >= 0.3 is 0 Å². The van der Waals surface area contributed by atoms with Crippen LogP contribution in [0.2, 0.25) is 0 Å². The number of rotatable bonds is 3. The molecule has 1 amide bonds. The molecule has 0 radical (unpaired) electrons. The lowest BCUT2D eigenvalue weighted by Gasteiger charge is -2.39. The Morgan fingerprint density at radius 1 is 1.23 bits per heavy atom. The normalized spacial score (nSPS) is 22.1. The molecular formula is C17H25Cl2F2N3O2. The SMILES string of the molecule is CC(c1ccc(F)cc1F)N1CCN(C(=O)C2CNCCO2)CC1.Cl.Cl. The quantitative estimate of drug-likeness (QED) is 0.825. The number of piperazine rings is 1. The van der Waals surface area contributed by atoms with Crippen LogP contribution in [0.25, 0.3) is 0 Å². The van der Waals surface area contributed by atoms with Gasteiger partial charge in [-0.1, -0.05) is 6.07 Å². The lowest BCUT2D eigenvalue weighted by molar-refractivity contribution is -0.147. The summed E-state index contributed by atoms with van der Waals surface area (Å²) in [6.45, 7) is 6.28. The Labute approximate surface area is 164 Å². The summed E-state index contributed by atoms with van der Waals surface area (Å²) in [5.74, 6) is -1.08. The van der Waals surface area contributed by atoms with Crippen LogP contribution in [0.5, 0.6) is 0 Å². The van der Waals surface area contributed by atoms with Gasteiger partial charge in [-0.15, -0.1) is 24.8 Å². The number of carbonyl (C=O) groups is 1. The molecule has 3 rings (SSSR count). The first kappa shape index (κ1) is 23.0. The first-order valence-corrected chi connectivity index (χ1v) is 8.36. The van der Waals surface area contributed by atoms with Crippen molar-refractivity contribution < 1.29 is 18.3 Å². The van der Waals surface area contributed by atoms with E-state index in [1.165, 1.54) is 12.1 Å². The predicted molar refractivity (Wildman–Crippen MR) is 100 cm³/mol. The number of nitrogens with one attached hydrogen (secondary N) is 1. The number of carbonyl (C=O) groups excluding carboxylic acids is 1. The van der Waals surface area contributed by atoms with Crippen LogP contribution < -0.4 is 5.32 Å². The second kappa shape index (κ2) is 10.4. The number of morpholine rings is 1. The molecule has 1 N–H and O–H groups in total. The highest BCUT2D eigenvalue weighted by molar-refractivity contribution is 5.85. The van der Waals surface area contributed by atoms with Crippen molar-refractivity contribution in [3.05, 3.63) is 35.4 Å². The molecule has 26 heavy (non-hydrogen) atoms. The fraction of sp³-hybridized carbons (Fsp3) is 0.588. The van der Waals surface area contributed by atoms with E-state index in [1.54, 1.807) is 0 Å². The molecule has 2 atom stereocenters. The first-order valence-electron chi connectivity index (χ1n) is 8.36. The van der Waals surface area contributed by atoms with Gasteiger partial charge in [-0.25, -0.2) is 8.78 Å². The maximum absolute atomic E-state index is 13.9. The zero-order valence-electron chi connectivity index (χ0n) is 14.6. The molecule has 2 unspecified atom stereocenters. The molecule has 2 aliphatic rings. The van der Waals surface area contributed by atoms with E-state index in [2.05, 4.69) is 10.2 Å². The van der Waals surface area contributed by atoms with Crippen LogP contribution in [-0.4, -0.2) is 67.7 Å². The van der Waals surface area contributed by atoms with E-state index in [0.29, 0.717) is 44.9 Å². The summed E-state index contributed by atoms with van der Waals surface area (Å²) in [6, 6.07) is 3.53. The molecule has 2 aliphatic heterocycles. The van der Waals surface area contributed by atoms with E-state index in [4.69, 9.17) is 4.74 Å². The minimum absolute atomic E-state index is 0. The van der Waals surface area contributed by atoms with E-state index in [0.717, 1.165) is 12.6 Å². The van der Waals surface area contributed by atoms with Gasteiger partial charge in [-0.3, -0.25) is 9.69 Å². The van der Waals surface area contributed by atoms with Crippen LogP contribution in [0.4, 0.5) is 8.78 Å². The third-order valence-electron chi connectivity index (χ3n) is 4.79. The van der Waals surface area contributed by atoms with Crippen LogP contribution in [0.3, 0.4) is 0 Å². The second-order valence-corrected chi connectivity index (χ2v) is 6.27. The maximum atomic E-state index is 13.9.